The Morgan fingerprint density at radius 2 is 2.15 bits per heavy atom. The van der Waals surface area contributed by atoms with E-state index in [1.54, 1.807) is 12.1 Å². The van der Waals surface area contributed by atoms with Gasteiger partial charge in [-0.05, 0) is 19.1 Å². The number of amides is 1. The average Bonchev–Trinajstić information content (AvgIpc) is 2.38. The van der Waals surface area contributed by atoms with Crippen molar-refractivity contribution in [3.05, 3.63) is 36.0 Å². The lowest BCUT2D eigenvalue weighted by molar-refractivity contribution is -0.138. The summed E-state index contributed by atoms with van der Waals surface area (Å²) >= 11 is 0. The zero-order valence-corrected chi connectivity index (χ0v) is 10.6. The van der Waals surface area contributed by atoms with Crippen LogP contribution in [0.1, 0.15) is 6.92 Å². The first kappa shape index (κ1) is 15.0. The van der Waals surface area contributed by atoms with Gasteiger partial charge in [0.05, 0.1) is 0 Å². The van der Waals surface area contributed by atoms with E-state index in [4.69, 9.17) is 10.4 Å². The number of carboxylic acids is 1. The number of benzene rings is 1. The number of anilines is 1. The molecule has 0 heterocycles. The van der Waals surface area contributed by atoms with Crippen LogP contribution in [0.5, 0.6) is 5.75 Å². The van der Waals surface area contributed by atoms with Gasteiger partial charge in [0.15, 0.2) is 0 Å². The Bertz CT molecular complexity index is 590. The Labute approximate surface area is 115 Å². The standard InChI is InChI=1S/C13H13N3O4/c1-8(13(19)20)15-7-9(6-14)12(18)16-10-3-2-4-11(17)5-10/h2-5,7-8,15,17H,1H3,(H,16,18)(H,19,20)/b9-7-. The molecule has 0 saturated heterocycles. The Hall–Kier alpha value is -3.01. The predicted molar refractivity (Wildman–Crippen MR) is 70.7 cm³/mol. The molecule has 1 unspecified atom stereocenters. The quantitative estimate of drug-likeness (QED) is 0.465. The number of phenols is 1. The number of carboxylic acid groups (broad SMARTS) is 1. The highest BCUT2D eigenvalue weighted by molar-refractivity contribution is 6.06. The normalized spacial score (nSPS) is 12.1. The van der Waals surface area contributed by atoms with Crippen LogP contribution in [0.3, 0.4) is 0 Å². The molecule has 4 N–H and O–H groups in total. The fourth-order valence-corrected chi connectivity index (χ4v) is 1.21. The summed E-state index contributed by atoms with van der Waals surface area (Å²) in [5, 5.41) is 31.6. The highest BCUT2D eigenvalue weighted by Gasteiger charge is 2.12. The lowest BCUT2D eigenvalue weighted by Crippen LogP contribution is -2.30. The highest BCUT2D eigenvalue weighted by Crippen LogP contribution is 2.15. The summed E-state index contributed by atoms with van der Waals surface area (Å²) in [4.78, 5) is 22.4. The molecule has 7 heteroatoms. The lowest BCUT2D eigenvalue weighted by Gasteiger charge is -2.07. The third-order valence-electron chi connectivity index (χ3n) is 2.32. The van der Waals surface area contributed by atoms with Crippen LogP contribution in [0.2, 0.25) is 0 Å². The lowest BCUT2D eigenvalue weighted by atomic mass is 10.2. The fourth-order valence-electron chi connectivity index (χ4n) is 1.21. The van der Waals surface area contributed by atoms with Crippen LogP contribution >= 0.6 is 0 Å². The zero-order chi connectivity index (χ0) is 15.1. The molecule has 20 heavy (non-hydrogen) atoms. The van der Waals surface area contributed by atoms with Crippen LogP contribution in [0.25, 0.3) is 0 Å². The predicted octanol–water partition coefficient (Wildman–Crippen LogP) is 0.801. The summed E-state index contributed by atoms with van der Waals surface area (Å²) < 4.78 is 0. The number of rotatable bonds is 5. The van der Waals surface area contributed by atoms with Crippen molar-refractivity contribution in [3.8, 4) is 11.8 Å². The first-order valence-electron chi connectivity index (χ1n) is 5.63. The van der Waals surface area contributed by atoms with Gasteiger partial charge >= 0.3 is 5.97 Å². The highest BCUT2D eigenvalue weighted by atomic mass is 16.4. The largest absolute Gasteiger partial charge is 0.508 e. The molecule has 0 bridgehead atoms. The van der Waals surface area contributed by atoms with Gasteiger partial charge in [-0.25, -0.2) is 0 Å². The zero-order valence-electron chi connectivity index (χ0n) is 10.6. The van der Waals surface area contributed by atoms with Crippen LogP contribution in [-0.4, -0.2) is 28.1 Å². The Morgan fingerprint density at radius 3 is 2.70 bits per heavy atom. The third-order valence-corrected chi connectivity index (χ3v) is 2.32. The number of nitriles is 1. The fraction of sp³-hybridized carbons (Fsp3) is 0.154. The van der Waals surface area contributed by atoms with Crippen molar-refractivity contribution in [1.29, 1.82) is 5.26 Å². The van der Waals surface area contributed by atoms with Gasteiger partial charge in [0, 0.05) is 18.0 Å². The van der Waals surface area contributed by atoms with E-state index in [1.807, 2.05) is 0 Å². The molecule has 104 valence electrons. The molecule has 7 nitrogen and oxygen atoms in total. The third kappa shape index (κ3) is 4.34. The number of carbonyl (C=O) groups is 2. The first-order chi connectivity index (χ1) is 9.43. The number of nitrogens with zero attached hydrogens (tertiary/aromatic N) is 1. The van der Waals surface area contributed by atoms with Crippen LogP contribution in [0, 0.1) is 11.3 Å². The minimum atomic E-state index is -1.10. The number of phenolic OH excluding ortho intramolecular Hbond substituents is 1. The molecule has 1 amide bonds. The van der Waals surface area contributed by atoms with Crippen molar-refractivity contribution < 1.29 is 19.8 Å². The number of hydrogen-bond acceptors (Lipinski definition) is 5. The van der Waals surface area contributed by atoms with Gasteiger partial charge in [0.25, 0.3) is 5.91 Å². The Balaban J connectivity index is 2.75. The molecular formula is C13H13N3O4. The summed E-state index contributed by atoms with van der Waals surface area (Å²) in [6, 6.07) is 6.57. The van der Waals surface area contributed by atoms with Gasteiger partial charge in [-0.15, -0.1) is 0 Å². The minimum absolute atomic E-state index is 0.0251. The van der Waals surface area contributed by atoms with E-state index in [1.165, 1.54) is 25.1 Å². The number of aliphatic carboxylic acids is 1. The van der Waals surface area contributed by atoms with E-state index in [0.29, 0.717) is 5.69 Å². The second kappa shape index (κ2) is 6.80. The van der Waals surface area contributed by atoms with Crippen molar-refractivity contribution in [1.82, 2.24) is 5.32 Å². The monoisotopic (exact) mass is 275 g/mol. The maximum Gasteiger partial charge on any atom is 0.325 e. The minimum Gasteiger partial charge on any atom is -0.508 e. The molecule has 0 saturated carbocycles. The molecule has 0 spiro atoms. The second-order valence-corrected chi connectivity index (χ2v) is 3.90. The van der Waals surface area contributed by atoms with E-state index < -0.39 is 17.9 Å². The van der Waals surface area contributed by atoms with Gasteiger partial charge in [-0.1, -0.05) is 6.07 Å². The van der Waals surface area contributed by atoms with E-state index in [-0.39, 0.29) is 11.3 Å². The SMILES string of the molecule is CC(N/C=C(/C#N)C(=O)Nc1cccc(O)c1)C(=O)O. The summed E-state index contributed by atoms with van der Waals surface area (Å²) in [5.74, 6) is -1.84. The average molecular weight is 275 g/mol. The number of hydrogen-bond donors (Lipinski definition) is 4. The summed E-state index contributed by atoms with van der Waals surface area (Å²) in [5.41, 5.74) is 0.0453. The second-order valence-electron chi connectivity index (χ2n) is 3.90. The smallest absolute Gasteiger partial charge is 0.325 e. The molecule has 1 rings (SSSR count). The van der Waals surface area contributed by atoms with Crippen molar-refractivity contribution in [2.45, 2.75) is 13.0 Å². The van der Waals surface area contributed by atoms with Gasteiger partial charge in [0.1, 0.15) is 23.4 Å². The van der Waals surface area contributed by atoms with Gasteiger partial charge in [0.2, 0.25) is 0 Å². The van der Waals surface area contributed by atoms with E-state index in [2.05, 4.69) is 10.6 Å². The van der Waals surface area contributed by atoms with Crippen LogP contribution in [0.4, 0.5) is 5.69 Å². The van der Waals surface area contributed by atoms with Gasteiger partial charge in [-0.2, -0.15) is 5.26 Å². The molecular weight excluding hydrogens is 262 g/mol. The van der Waals surface area contributed by atoms with Crippen molar-refractivity contribution in [2.24, 2.45) is 0 Å². The molecule has 1 aromatic rings. The molecule has 0 radical (unpaired) electrons. The topological polar surface area (TPSA) is 122 Å². The first-order valence-corrected chi connectivity index (χ1v) is 5.63. The molecule has 0 aliphatic rings. The van der Waals surface area contributed by atoms with E-state index in [9.17, 15) is 14.7 Å². The van der Waals surface area contributed by atoms with Crippen LogP contribution < -0.4 is 10.6 Å². The molecule has 0 aliphatic heterocycles. The summed E-state index contributed by atoms with van der Waals surface area (Å²) in [6.07, 6.45) is 1.04. The maximum absolute atomic E-state index is 11.8. The van der Waals surface area contributed by atoms with Gasteiger partial charge in [-0.3, -0.25) is 9.59 Å². The van der Waals surface area contributed by atoms with Crippen molar-refractivity contribution in [2.75, 3.05) is 5.32 Å². The molecule has 0 aromatic heterocycles. The molecule has 0 aliphatic carbocycles. The maximum atomic E-state index is 11.8. The summed E-state index contributed by atoms with van der Waals surface area (Å²) in [7, 11) is 0. The molecule has 1 aromatic carbocycles. The Kier molecular flexibility index (Phi) is 5.12. The van der Waals surface area contributed by atoms with Crippen LogP contribution in [-0.2, 0) is 9.59 Å². The number of nitrogens with one attached hydrogen (secondary N) is 2. The molecule has 1 atom stereocenters. The van der Waals surface area contributed by atoms with E-state index >= 15 is 0 Å². The van der Waals surface area contributed by atoms with Gasteiger partial charge < -0.3 is 20.8 Å². The summed E-state index contributed by atoms with van der Waals surface area (Å²) in [6.45, 7) is 1.38. The number of carbonyl (C=O) groups excluding carboxylic acids is 1. The molecule has 0 fully saturated rings. The van der Waals surface area contributed by atoms with Crippen molar-refractivity contribution >= 4 is 17.6 Å². The van der Waals surface area contributed by atoms with Crippen LogP contribution in [0.15, 0.2) is 36.0 Å². The number of aromatic hydroxyl groups is 1. The van der Waals surface area contributed by atoms with E-state index in [0.717, 1.165) is 6.20 Å². The van der Waals surface area contributed by atoms with Crippen molar-refractivity contribution in [3.63, 3.8) is 0 Å². The Morgan fingerprint density at radius 1 is 1.45 bits per heavy atom.